The summed E-state index contributed by atoms with van der Waals surface area (Å²) in [5, 5.41) is 0.947. The minimum Gasteiger partial charge on any atom is -0.369 e. The van der Waals surface area contributed by atoms with E-state index in [2.05, 4.69) is 59.1 Å². The molecular formula is C17H23Br2NO. The van der Waals surface area contributed by atoms with Crippen LogP contribution in [-0.4, -0.2) is 41.6 Å². The van der Waals surface area contributed by atoms with Crippen molar-refractivity contribution < 1.29 is 4.74 Å². The average Bonchev–Trinajstić information content (AvgIpc) is 2.78. The SMILES string of the molecule is Br.CN1CC[C@]23CC(CBr)O[C@]2(C)[C@H]1Cc1ccccc13. The second-order valence-electron chi connectivity index (χ2n) is 6.90. The zero-order chi connectivity index (χ0) is 14.0. The number of nitrogens with zero attached hydrogens (tertiary/aromatic N) is 1. The van der Waals surface area contributed by atoms with E-state index < -0.39 is 0 Å². The van der Waals surface area contributed by atoms with Crippen LogP contribution < -0.4 is 0 Å². The van der Waals surface area contributed by atoms with Crippen LogP contribution in [0.25, 0.3) is 0 Å². The second kappa shape index (κ2) is 5.33. The van der Waals surface area contributed by atoms with E-state index in [0.717, 1.165) is 18.2 Å². The zero-order valence-corrected chi connectivity index (χ0v) is 15.9. The summed E-state index contributed by atoms with van der Waals surface area (Å²) < 4.78 is 6.60. The van der Waals surface area contributed by atoms with E-state index in [4.69, 9.17) is 4.74 Å². The van der Waals surface area contributed by atoms with E-state index in [1.54, 1.807) is 11.1 Å². The fourth-order valence-corrected chi connectivity index (χ4v) is 5.47. The topological polar surface area (TPSA) is 12.5 Å². The van der Waals surface area contributed by atoms with Crippen molar-refractivity contribution in [1.29, 1.82) is 0 Å². The Morgan fingerprint density at radius 2 is 2.14 bits per heavy atom. The molecule has 0 N–H and O–H groups in total. The number of alkyl halides is 1. The molecule has 4 rings (SSSR count). The van der Waals surface area contributed by atoms with Gasteiger partial charge in [-0.15, -0.1) is 17.0 Å². The van der Waals surface area contributed by atoms with Crippen LogP contribution in [-0.2, 0) is 16.6 Å². The van der Waals surface area contributed by atoms with E-state index in [0.29, 0.717) is 12.1 Å². The van der Waals surface area contributed by atoms with Gasteiger partial charge in [0.05, 0.1) is 11.7 Å². The number of hydrogen-bond acceptors (Lipinski definition) is 2. The van der Waals surface area contributed by atoms with Gasteiger partial charge in [-0.3, -0.25) is 0 Å². The third-order valence-electron chi connectivity index (χ3n) is 6.12. The number of likely N-dealkylation sites (N-methyl/N-ethyl adjacent to an activating group) is 1. The summed E-state index contributed by atoms with van der Waals surface area (Å²) in [7, 11) is 2.26. The van der Waals surface area contributed by atoms with Gasteiger partial charge in [0.2, 0.25) is 0 Å². The Morgan fingerprint density at radius 1 is 1.38 bits per heavy atom. The van der Waals surface area contributed by atoms with Gasteiger partial charge in [0.15, 0.2) is 0 Å². The minimum absolute atomic E-state index is 0. The first kappa shape index (κ1) is 16.0. The number of benzene rings is 1. The molecule has 2 heterocycles. The normalized spacial score (nSPS) is 41.1. The number of hydrogen-bond donors (Lipinski definition) is 0. The van der Waals surface area contributed by atoms with Crippen LogP contribution in [0.2, 0.25) is 0 Å². The van der Waals surface area contributed by atoms with Crippen molar-refractivity contribution in [3.05, 3.63) is 35.4 Å². The molecule has 2 fully saturated rings. The molecule has 2 nitrogen and oxygen atoms in total. The third kappa shape index (κ3) is 1.95. The van der Waals surface area contributed by atoms with Crippen LogP contribution in [0.1, 0.15) is 30.9 Å². The highest BCUT2D eigenvalue weighted by molar-refractivity contribution is 9.09. The van der Waals surface area contributed by atoms with Crippen molar-refractivity contribution >= 4 is 32.9 Å². The number of ether oxygens (including phenoxy) is 1. The number of piperidine rings is 1. The lowest BCUT2D eigenvalue weighted by molar-refractivity contribution is -0.128. The maximum Gasteiger partial charge on any atom is 0.0913 e. The fraction of sp³-hybridized carbons (Fsp3) is 0.647. The number of fused-ring (bicyclic) bond motifs is 1. The smallest absolute Gasteiger partial charge is 0.0913 e. The van der Waals surface area contributed by atoms with Crippen LogP contribution in [0.15, 0.2) is 24.3 Å². The summed E-state index contributed by atoms with van der Waals surface area (Å²) >= 11 is 3.64. The number of halogens is 2. The lowest BCUT2D eigenvalue weighted by Crippen LogP contribution is -2.67. The largest absolute Gasteiger partial charge is 0.369 e. The highest BCUT2D eigenvalue weighted by Crippen LogP contribution is 2.59. The molecular weight excluding hydrogens is 394 g/mol. The molecule has 1 aliphatic carbocycles. The van der Waals surface area contributed by atoms with Gasteiger partial charge in [0.25, 0.3) is 0 Å². The molecule has 3 aliphatic rings. The predicted octanol–water partition coefficient (Wildman–Crippen LogP) is 3.71. The van der Waals surface area contributed by atoms with Crippen molar-refractivity contribution in [3.63, 3.8) is 0 Å². The Kier molecular flexibility index (Phi) is 4.05. The predicted molar refractivity (Wildman–Crippen MR) is 94.9 cm³/mol. The molecule has 0 spiro atoms. The molecule has 0 aromatic heterocycles. The first-order chi connectivity index (χ1) is 9.61. The van der Waals surface area contributed by atoms with Crippen LogP contribution in [0.4, 0.5) is 0 Å². The van der Waals surface area contributed by atoms with Crippen LogP contribution >= 0.6 is 32.9 Å². The molecule has 116 valence electrons. The van der Waals surface area contributed by atoms with Crippen LogP contribution in [0.5, 0.6) is 0 Å². The maximum atomic E-state index is 6.60. The number of likely N-dealkylation sites (tertiary alicyclic amines) is 1. The van der Waals surface area contributed by atoms with Gasteiger partial charge in [-0.25, -0.2) is 0 Å². The first-order valence-electron chi connectivity index (χ1n) is 7.63. The molecule has 4 heteroatoms. The number of rotatable bonds is 1. The van der Waals surface area contributed by atoms with Gasteiger partial charge in [0.1, 0.15) is 0 Å². The van der Waals surface area contributed by atoms with Gasteiger partial charge in [0, 0.05) is 16.8 Å². The Morgan fingerprint density at radius 3 is 2.90 bits per heavy atom. The van der Waals surface area contributed by atoms with Gasteiger partial charge in [-0.05, 0) is 50.9 Å². The van der Waals surface area contributed by atoms with Crippen LogP contribution in [0, 0.1) is 0 Å². The standard InChI is InChI=1S/C17H22BrNO.BrH/c1-16-15-9-12-5-3-4-6-14(12)17(16,7-8-19(15)2)10-13(11-18)20-16;/h3-6,13,15H,7-11H2,1-2H3;1H/t13?,15-,16-,17-;/m1./s1. The van der Waals surface area contributed by atoms with E-state index in [1.165, 1.54) is 13.0 Å². The van der Waals surface area contributed by atoms with Crippen molar-refractivity contribution in [2.24, 2.45) is 0 Å². The maximum absolute atomic E-state index is 6.60. The molecule has 0 amide bonds. The summed E-state index contributed by atoms with van der Waals surface area (Å²) in [5.41, 5.74) is 3.29. The lowest BCUT2D eigenvalue weighted by Gasteiger charge is -2.58. The monoisotopic (exact) mass is 415 g/mol. The summed E-state index contributed by atoms with van der Waals surface area (Å²) in [6, 6.07) is 9.58. The average molecular weight is 417 g/mol. The van der Waals surface area contributed by atoms with Crippen LogP contribution in [0.3, 0.4) is 0 Å². The third-order valence-corrected chi connectivity index (χ3v) is 6.84. The molecule has 2 aliphatic heterocycles. The van der Waals surface area contributed by atoms with Crippen molar-refractivity contribution in [2.45, 2.75) is 49.3 Å². The second-order valence-corrected chi connectivity index (χ2v) is 7.54. The van der Waals surface area contributed by atoms with E-state index in [1.807, 2.05) is 0 Å². The van der Waals surface area contributed by atoms with Gasteiger partial charge >= 0.3 is 0 Å². The highest BCUT2D eigenvalue weighted by atomic mass is 79.9. The lowest BCUT2D eigenvalue weighted by atomic mass is 9.55. The van der Waals surface area contributed by atoms with E-state index in [9.17, 15) is 0 Å². The summed E-state index contributed by atoms with van der Waals surface area (Å²) in [4.78, 5) is 2.52. The van der Waals surface area contributed by atoms with Gasteiger partial charge in [-0.2, -0.15) is 0 Å². The summed E-state index contributed by atoms with van der Waals surface area (Å²) in [6.07, 6.45) is 3.85. The van der Waals surface area contributed by atoms with E-state index >= 15 is 0 Å². The molecule has 4 atom stereocenters. The minimum atomic E-state index is -0.0349. The molecule has 0 saturated carbocycles. The molecule has 1 aromatic carbocycles. The first-order valence-corrected chi connectivity index (χ1v) is 8.75. The Bertz CT molecular complexity index is 551. The highest BCUT2D eigenvalue weighted by Gasteiger charge is 2.65. The molecule has 21 heavy (non-hydrogen) atoms. The zero-order valence-electron chi connectivity index (χ0n) is 12.6. The Balaban J connectivity index is 0.00000132. The molecule has 1 aromatic rings. The molecule has 2 bridgehead atoms. The fourth-order valence-electron chi connectivity index (χ4n) is 5.11. The van der Waals surface area contributed by atoms with Crippen molar-refractivity contribution in [3.8, 4) is 0 Å². The molecule has 2 saturated heterocycles. The Labute approximate surface area is 146 Å². The summed E-state index contributed by atoms with van der Waals surface area (Å²) in [5.74, 6) is 0. The molecule has 0 radical (unpaired) electrons. The Hall–Kier alpha value is 0.1000. The van der Waals surface area contributed by atoms with E-state index in [-0.39, 0.29) is 28.0 Å². The van der Waals surface area contributed by atoms with Crippen molar-refractivity contribution in [1.82, 2.24) is 4.90 Å². The van der Waals surface area contributed by atoms with Gasteiger partial charge in [-0.1, -0.05) is 40.2 Å². The molecule has 1 unspecified atom stereocenters. The summed E-state index contributed by atoms with van der Waals surface area (Å²) in [6.45, 7) is 3.55. The van der Waals surface area contributed by atoms with Crippen molar-refractivity contribution in [2.75, 3.05) is 18.9 Å². The van der Waals surface area contributed by atoms with Gasteiger partial charge < -0.3 is 9.64 Å². The quantitative estimate of drug-likeness (QED) is 0.647.